The highest BCUT2D eigenvalue weighted by molar-refractivity contribution is 6.00. The van der Waals surface area contributed by atoms with Crippen molar-refractivity contribution < 1.29 is 4.79 Å². The Balaban J connectivity index is 1.78. The van der Waals surface area contributed by atoms with E-state index in [2.05, 4.69) is 6.92 Å². The number of aryl methyl sites for hydroxylation is 1. The van der Waals surface area contributed by atoms with Gasteiger partial charge >= 0.3 is 0 Å². The van der Waals surface area contributed by atoms with Crippen molar-refractivity contribution in [3.63, 3.8) is 0 Å². The van der Waals surface area contributed by atoms with Gasteiger partial charge in [-0.1, -0.05) is 36.2 Å². The van der Waals surface area contributed by atoms with Crippen molar-refractivity contribution in [1.82, 2.24) is 0 Å². The van der Waals surface area contributed by atoms with Gasteiger partial charge < -0.3 is 0 Å². The van der Waals surface area contributed by atoms with Crippen molar-refractivity contribution >= 4 is 5.78 Å². The Morgan fingerprint density at radius 1 is 1.13 bits per heavy atom. The van der Waals surface area contributed by atoms with Gasteiger partial charge in [0.05, 0.1) is 0 Å². The van der Waals surface area contributed by atoms with Crippen LogP contribution in [0, 0.1) is 24.7 Å². The maximum Gasteiger partial charge on any atom is 0.166 e. The number of ketones is 1. The van der Waals surface area contributed by atoms with Gasteiger partial charge in [0, 0.05) is 11.5 Å². The molecule has 0 aromatic heterocycles. The van der Waals surface area contributed by atoms with E-state index >= 15 is 0 Å². The third-order valence-corrected chi connectivity index (χ3v) is 4.05. The molecule has 0 amide bonds. The van der Waals surface area contributed by atoms with Gasteiger partial charge in [-0.25, -0.2) is 0 Å². The minimum Gasteiger partial charge on any atom is -0.294 e. The number of hydrogen-bond donors (Lipinski definition) is 0. The highest BCUT2D eigenvalue weighted by Gasteiger charge is 2.56. The van der Waals surface area contributed by atoms with Crippen LogP contribution in [-0.4, -0.2) is 5.78 Å². The number of hydrogen-bond acceptors (Lipinski definition) is 1. The number of Topliss-reactive ketones (excluding diaryl/α,β-unsaturated/α-hetero) is 1. The lowest BCUT2D eigenvalue weighted by Crippen LogP contribution is -2.05. The van der Waals surface area contributed by atoms with Gasteiger partial charge in [0.15, 0.2) is 5.78 Å². The summed E-state index contributed by atoms with van der Waals surface area (Å²) in [6.07, 6.45) is 3.91. The predicted molar refractivity (Wildman–Crippen MR) is 59.8 cm³/mol. The summed E-state index contributed by atoms with van der Waals surface area (Å²) in [5, 5.41) is 0. The second kappa shape index (κ2) is 3.19. The zero-order chi connectivity index (χ0) is 10.4. The zero-order valence-electron chi connectivity index (χ0n) is 9.07. The lowest BCUT2D eigenvalue weighted by Gasteiger charge is -2.03. The van der Waals surface area contributed by atoms with Crippen LogP contribution < -0.4 is 0 Å². The summed E-state index contributed by atoms with van der Waals surface area (Å²) in [6.45, 7) is 2.06. The standard InChI is InChI=1S/C14H16O/c1-9-5-7-10(8-6-9)14(15)13-11-3-2-4-12(11)13/h5-8,11-13H,2-4H2,1H3. The van der Waals surface area contributed by atoms with Gasteiger partial charge in [0.1, 0.15) is 0 Å². The maximum absolute atomic E-state index is 12.1. The summed E-state index contributed by atoms with van der Waals surface area (Å²) in [4.78, 5) is 12.1. The lowest BCUT2D eigenvalue weighted by molar-refractivity contribution is 0.0951. The molecule has 78 valence electrons. The van der Waals surface area contributed by atoms with Crippen LogP contribution in [0.25, 0.3) is 0 Å². The molecule has 0 N–H and O–H groups in total. The summed E-state index contributed by atoms with van der Waals surface area (Å²) in [6, 6.07) is 8.02. The molecule has 15 heavy (non-hydrogen) atoms. The van der Waals surface area contributed by atoms with Crippen molar-refractivity contribution in [3.05, 3.63) is 35.4 Å². The van der Waals surface area contributed by atoms with Crippen molar-refractivity contribution in [2.45, 2.75) is 26.2 Å². The second-order valence-corrected chi connectivity index (χ2v) is 5.01. The van der Waals surface area contributed by atoms with Gasteiger partial charge in [-0.05, 0) is 31.6 Å². The van der Waals surface area contributed by atoms with E-state index in [0.29, 0.717) is 11.7 Å². The molecular formula is C14H16O. The van der Waals surface area contributed by atoms with Gasteiger partial charge in [0.2, 0.25) is 0 Å². The monoisotopic (exact) mass is 200 g/mol. The summed E-state index contributed by atoms with van der Waals surface area (Å²) >= 11 is 0. The molecule has 0 bridgehead atoms. The molecule has 0 aliphatic heterocycles. The van der Waals surface area contributed by atoms with Crippen molar-refractivity contribution in [2.24, 2.45) is 17.8 Å². The molecule has 2 saturated carbocycles. The summed E-state index contributed by atoms with van der Waals surface area (Å²) in [5.74, 6) is 2.24. The normalized spacial score (nSPS) is 32.5. The third kappa shape index (κ3) is 1.41. The third-order valence-electron chi connectivity index (χ3n) is 4.05. The van der Waals surface area contributed by atoms with E-state index in [1.165, 1.54) is 24.8 Å². The van der Waals surface area contributed by atoms with Crippen molar-refractivity contribution in [3.8, 4) is 0 Å². The molecule has 0 saturated heterocycles. The van der Waals surface area contributed by atoms with E-state index in [-0.39, 0.29) is 0 Å². The molecule has 1 heteroatoms. The van der Waals surface area contributed by atoms with Crippen LogP contribution in [0.1, 0.15) is 35.2 Å². The summed E-state index contributed by atoms with van der Waals surface area (Å²) in [5.41, 5.74) is 2.14. The molecule has 2 aliphatic carbocycles. The fourth-order valence-electron chi connectivity index (χ4n) is 3.12. The number of carbonyl (C=O) groups is 1. The van der Waals surface area contributed by atoms with E-state index in [9.17, 15) is 4.79 Å². The van der Waals surface area contributed by atoms with E-state index in [4.69, 9.17) is 0 Å². The molecule has 2 unspecified atom stereocenters. The van der Waals surface area contributed by atoms with E-state index < -0.39 is 0 Å². The van der Waals surface area contributed by atoms with Crippen LogP contribution >= 0.6 is 0 Å². The summed E-state index contributed by atoms with van der Waals surface area (Å²) in [7, 11) is 0. The van der Waals surface area contributed by atoms with Crippen LogP contribution in [-0.2, 0) is 0 Å². The molecule has 0 heterocycles. The largest absolute Gasteiger partial charge is 0.294 e. The minimum absolute atomic E-state index is 0.376. The van der Waals surface area contributed by atoms with Gasteiger partial charge in [-0.3, -0.25) is 4.79 Å². The predicted octanol–water partition coefficient (Wildman–Crippen LogP) is 3.22. The topological polar surface area (TPSA) is 17.1 Å². The zero-order valence-corrected chi connectivity index (χ0v) is 9.07. The Hall–Kier alpha value is -1.11. The molecule has 1 nitrogen and oxygen atoms in total. The Labute approximate surface area is 90.5 Å². The van der Waals surface area contributed by atoms with Crippen LogP contribution in [0.15, 0.2) is 24.3 Å². The molecular weight excluding hydrogens is 184 g/mol. The first kappa shape index (κ1) is 9.14. The van der Waals surface area contributed by atoms with E-state index in [1.807, 2.05) is 24.3 Å². The number of benzene rings is 1. The molecule has 1 aromatic rings. The maximum atomic E-state index is 12.1. The van der Waals surface area contributed by atoms with Gasteiger partial charge in [-0.15, -0.1) is 0 Å². The molecule has 2 atom stereocenters. The van der Waals surface area contributed by atoms with Gasteiger partial charge in [0.25, 0.3) is 0 Å². The Morgan fingerprint density at radius 2 is 1.73 bits per heavy atom. The molecule has 0 spiro atoms. The van der Waals surface area contributed by atoms with E-state index in [1.54, 1.807) is 0 Å². The summed E-state index contributed by atoms with van der Waals surface area (Å²) < 4.78 is 0. The molecule has 1 aromatic carbocycles. The molecule has 0 radical (unpaired) electrons. The number of rotatable bonds is 2. The minimum atomic E-state index is 0.376. The first-order chi connectivity index (χ1) is 7.27. The molecule has 2 aliphatic rings. The average Bonchev–Trinajstić information content (AvgIpc) is 2.72. The highest BCUT2D eigenvalue weighted by atomic mass is 16.1. The number of fused-ring (bicyclic) bond motifs is 1. The van der Waals surface area contributed by atoms with Crippen LogP contribution in [0.3, 0.4) is 0 Å². The number of carbonyl (C=O) groups excluding carboxylic acids is 1. The Morgan fingerprint density at radius 3 is 2.33 bits per heavy atom. The van der Waals surface area contributed by atoms with Gasteiger partial charge in [-0.2, -0.15) is 0 Å². The first-order valence-electron chi connectivity index (χ1n) is 5.88. The lowest BCUT2D eigenvalue weighted by atomic mass is 10.0. The smallest absolute Gasteiger partial charge is 0.166 e. The molecule has 3 rings (SSSR count). The fourth-order valence-corrected chi connectivity index (χ4v) is 3.12. The quantitative estimate of drug-likeness (QED) is 0.670. The Bertz CT molecular complexity index is 380. The van der Waals surface area contributed by atoms with Crippen molar-refractivity contribution in [1.29, 1.82) is 0 Å². The molecule has 2 fully saturated rings. The van der Waals surface area contributed by atoms with Crippen LogP contribution in [0.4, 0.5) is 0 Å². The van der Waals surface area contributed by atoms with Crippen LogP contribution in [0.5, 0.6) is 0 Å². The fraction of sp³-hybridized carbons (Fsp3) is 0.500. The van der Waals surface area contributed by atoms with E-state index in [0.717, 1.165) is 17.4 Å². The highest BCUT2D eigenvalue weighted by Crippen LogP contribution is 2.58. The Kier molecular flexibility index (Phi) is 1.95. The SMILES string of the molecule is Cc1ccc(C(=O)C2C3CCCC32)cc1. The van der Waals surface area contributed by atoms with Crippen molar-refractivity contribution in [2.75, 3.05) is 0 Å². The first-order valence-corrected chi connectivity index (χ1v) is 5.88. The second-order valence-electron chi connectivity index (χ2n) is 5.01. The van der Waals surface area contributed by atoms with Crippen LogP contribution in [0.2, 0.25) is 0 Å². The average molecular weight is 200 g/mol.